The van der Waals surface area contributed by atoms with Crippen LogP contribution in [0.2, 0.25) is 5.28 Å². The van der Waals surface area contributed by atoms with Gasteiger partial charge in [-0.1, -0.05) is 6.07 Å². The quantitative estimate of drug-likeness (QED) is 0.720. The van der Waals surface area contributed by atoms with Crippen LogP contribution in [0.25, 0.3) is 17.1 Å². The fraction of sp³-hybridized carbons (Fsp3) is 0.125. The number of hydrogen-bond donors (Lipinski definition) is 0. The Bertz CT molecular complexity index is 842. The molecule has 23 heavy (non-hydrogen) atoms. The molecule has 4 nitrogen and oxygen atoms in total. The van der Waals surface area contributed by atoms with E-state index in [2.05, 4.69) is 9.97 Å². The third kappa shape index (κ3) is 2.66. The summed E-state index contributed by atoms with van der Waals surface area (Å²) in [5.41, 5.74) is 1.14. The van der Waals surface area contributed by atoms with Crippen molar-refractivity contribution >= 4 is 11.6 Å². The van der Waals surface area contributed by atoms with Crippen molar-refractivity contribution < 1.29 is 13.5 Å². The van der Waals surface area contributed by atoms with E-state index in [1.165, 1.54) is 11.7 Å². The second-order valence-electron chi connectivity index (χ2n) is 4.80. The number of ether oxygens (including phenoxy) is 1. The largest absolute Gasteiger partial charge is 0.497 e. The Morgan fingerprint density at radius 1 is 1.17 bits per heavy atom. The summed E-state index contributed by atoms with van der Waals surface area (Å²) in [6.07, 6.45) is 1.58. The lowest BCUT2D eigenvalue weighted by molar-refractivity contribution is 0.406. The van der Waals surface area contributed by atoms with Crippen LogP contribution in [-0.2, 0) is 0 Å². The van der Waals surface area contributed by atoms with Crippen molar-refractivity contribution in [2.45, 2.75) is 6.92 Å². The fourth-order valence-corrected chi connectivity index (χ4v) is 2.67. The van der Waals surface area contributed by atoms with Crippen LogP contribution >= 0.6 is 11.6 Å². The van der Waals surface area contributed by atoms with Crippen molar-refractivity contribution in [1.29, 1.82) is 0 Å². The number of halogens is 3. The van der Waals surface area contributed by atoms with Gasteiger partial charge in [0.05, 0.1) is 24.2 Å². The molecule has 0 spiro atoms. The number of pyridine rings is 1. The van der Waals surface area contributed by atoms with Crippen LogP contribution in [-0.4, -0.2) is 21.6 Å². The van der Waals surface area contributed by atoms with Gasteiger partial charge in [0.2, 0.25) is 5.28 Å². The van der Waals surface area contributed by atoms with Crippen LogP contribution in [0.3, 0.4) is 0 Å². The molecular formula is C16H12ClF2N3O. The molecule has 0 unspecified atom stereocenters. The number of aryl methyl sites for hydroxylation is 1. The smallest absolute Gasteiger partial charge is 0.208 e. The van der Waals surface area contributed by atoms with Gasteiger partial charge in [0.1, 0.15) is 11.4 Å². The van der Waals surface area contributed by atoms with E-state index in [-0.39, 0.29) is 16.7 Å². The number of methoxy groups -OCH3 is 1. The zero-order valence-electron chi connectivity index (χ0n) is 12.3. The van der Waals surface area contributed by atoms with E-state index < -0.39 is 11.6 Å². The highest BCUT2D eigenvalue weighted by Gasteiger charge is 2.23. The minimum atomic E-state index is -0.807. The van der Waals surface area contributed by atoms with Crippen molar-refractivity contribution in [2.24, 2.45) is 0 Å². The molecule has 0 fully saturated rings. The van der Waals surface area contributed by atoms with Gasteiger partial charge in [-0.2, -0.15) is 0 Å². The first-order valence-electron chi connectivity index (χ1n) is 6.72. The summed E-state index contributed by atoms with van der Waals surface area (Å²) in [5, 5.41) is -0.0499. The van der Waals surface area contributed by atoms with E-state index in [0.717, 1.165) is 12.1 Å². The van der Waals surface area contributed by atoms with Crippen LogP contribution in [0.1, 0.15) is 5.69 Å². The summed E-state index contributed by atoms with van der Waals surface area (Å²) in [6.45, 7) is 1.70. The zero-order chi connectivity index (χ0) is 16.6. The maximum absolute atomic E-state index is 14.4. The molecule has 2 aromatic heterocycles. The molecule has 0 aliphatic rings. The maximum Gasteiger partial charge on any atom is 0.208 e. The molecule has 0 radical (unpaired) electrons. The van der Waals surface area contributed by atoms with Gasteiger partial charge in [0.15, 0.2) is 11.6 Å². The van der Waals surface area contributed by atoms with Gasteiger partial charge in [-0.15, -0.1) is 0 Å². The predicted octanol–water partition coefficient (Wildman–Crippen LogP) is 4.18. The lowest BCUT2D eigenvalue weighted by atomic mass is 10.2. The Balaban J connectivity index is 2.30. The molecule has 1 aromatic carbocycles. The van der Waals surface area contributed by atoms with Crippen molar-refractivity contribution in [3.63, 3.8) is 0 Å². The van der Waals surface area contributed by atoms with Gasteiger partial charge in [0, 0.05) is 18.3 Å². The van der Waals surface area contributed by atoms with Gasteiger partial charge in [0.25, 0.3) is 0 Å². The van der Waals surface area contributed by atoms with Gasteiger partial charge >= 0.3 is 0 Å². The third-order valence-corrected chi connectivity index (χ3v) is 3.62. The highest BCUT2D eigenvalue weighted by molar-refractivity contribution is 6.29. The summed E-state index contributed by atoms with van der Waals surface area (Å²) >= 11 is 6.11. The molecule has 3 aromatic rings. The van der Waals surface area contributed by atoms with Gasteiger partial charge in [-0.25, -0.2) is 13.8 Å². The summed E-state index contributed by atoms with van der Waals surface area (Å²) < 4.78 is 34.9. The number of rotatable bonds is 3. The SMILES string of the molecule is COc1cc(F)c(-n2c(Cl)nc(C)c2-c2ccccn2)c(F)c1. The second kappa shape index (κ2) is 5.96. The Morgan fingerprint density at radius 3 is 2.43 bits per heavy atom. The predicted molar refractivity (Wildman–Crippen MR) is 83.0 cm³/mol. The molecule has 0 bridgehead atoms. The summed E-state index contributed by atoms with van der Waals surface area (Å²) in [4.78, 5) is 8.33. The molecular weight excluding hydrogens is 324 g/mol. The number of benzene rings is 1. The molecule has 118 valence electrons. The van der Waals surface area contributed by atoms with E-state index in [1.54, 1.807) is 31.3 Å². The van der Waals surface area contributed by atoms with Crippen LogP contribution < -0.4 is 4.74 Å². The number of nitrogens with zero attached hydrogens (tertiary/aromatic N) is 3. The van der Waals surface area contributed by atoms with Gasteiger partial charge < -0.3 is 4.74 Å². The van der Waals surface area contributed by atoms with Crippen molar-refractivity contribution in [1.82, 2.24) is 14.5 Å². The zero-order valence-corrected chi connectivity index (χ0v) is 13.1. The van der Waals surface area contributed by atoms with E-state index in [9.17, 15) is 8.78 Å². The fourth-order valence-electron chi connectivity index (χ4n) is 2.38. The minimum Gasteiger partial charge on any atom is -0.497 e. The summed E-state index contributed by atoms with van der Waals surface area (Å²) in [5.74, 6) is -1.53. The van der Waals surface area contributed by atoms with Crippen LogP contribution in [0, 0.1) is 18.6 Å². The number of aromatic nitrogens is 3. The summed E-state index contributed by atoms with van der Waals surface area (Å²) in [7, 11) is 1.33. The lowest BCUT2D eigenvalue weighted by Crippen LogP contribution is -2.05. The van der Waals surface area contributed by atoms with Gasteiger partial charge in [-0.3, -0.25) is 9.55 Å². The van der Waals surface area contributed by atoms with E-state index in [4.69, 9.17) is 16.3 Å². The normalized spacial score (nSPS) is 10.8. The Hall–Kier alpha value is -2.47. The van der Waals surface area contributed by atoms with Crippen LogP contribution in [0.15, 0.2) is 36.5 Å². The Morgan fingerprint density at radius 2 is 1.87 bits per heavy atom. The van der Waals surface area contributed by atoms with Gasteiger partial charge in [-0.05, 0) is 30.7 Å². The second-order valence-corrected chi connectivity index (χ2v) is 5.14. The molecule has 3 rings (SSSR count). The molecule has 0 saturated heterocycles. The van der Waals surface area contributed by atoms with Crippen molar-refractivity contribution in [3.8, 4) is 22.8 Å². The monoisotopic (exact) mass is 335 g/mol. The maximum atomic E-state index is 14.4. The molecule has 0 saturated carbocycles. The molecule has 0 atom stereocenters. The standard InChI is InChI=1S/C16H12ClF2N3O/c1-9-14(13-5-3-4-6-20-13)22(16(17)21-9)15-11(18)7-10(23-2)8-12(15)19/h3-8H,1-2H3. The van der Waals surface area contributed by atoms with Crippen LogP contribution in [0.4, 0.5) is 8.78 Å². The van der Waals surface area contributed by atoms with E-state index >= 15 is 0 Å². The van der Waals surface area contributed by atoms with Crippen molar-refractivity contribution in [2.75, 3.05) is 7.11 Å². The van der Waals surface area contributed by atoms with Crippen LogP contribution in [0.5, 0.6) is 5.75 Å². The molecule has 0 aliphatic carbocycles. The molecule has 2 heterocycles. The average molecular weight is 336 g/mol. The van der Waals surface area contributed by atoms with Crippen molar-refractivity contribution in [3.05, 3.63) is 59.1 Å². The number of imidazole rings is 1. The highest BCUT2D eigenvalue weighted by Crippen LogP contribution is 2.33. The first kappa shape index (κ1) is 15.4. The lowest BCUT2D eigenvalue weighted by Gasteiger charge is -2.13. The van der Waals surface area contributed by atoms with E-state index in [1.807, 2.05) is 0 Å². The highest BCUT2D eigenvalue weighted by atomic mass is 35.5. The Labute approximate surface area is 136 Å². The third-order valence-electron chi connectivity index (χ3n) is 3.37. The first-order chi connectivity index (χ1) is 11.0. The average Bonchev–Trinajstić information content (AvgIpc) is 2.82. The molecule has 0 amide bonds. The topological polar surface area (TPSA) is 39.9 Å². The first-order valence-corrected chi connectivity index (χ1v) is 7.10. The Kier molecular flexibility index (Phi) is 4.00. The molecule has 0 aliphatic heterocycles. The minimum absolute atomic E-state index is 0.0499. The molecule has 7 heteroatoms. The number of hydrogen-bond acceptors (Lipinski definition) is 3. The molecule has 0 N–H and O–H groups in total. The summed E-state index contributed by atoms with van der Waals surface area (Å²) in [6, 6.07) is 7.41. The van der Waals surface area contributed by atoms with E-state index in [0.29, 0.717) is 17.1 Å².